The highest BCUT2D eigenvalue weighted by Gasteiger charge is 2.30. The van der Waals surface area contributed by atoms with Crippen LogP contribution in [0, 0.1) is 18.8 Å². The largest absolute Gasteiger partial charge is 0.372 e. The van der Waals surface area contributed by atoms with Crippen molar-refractivity contribution in [1.82, 2.24) is 9.97 Å². The minimum absolute atomic E-state index is 0.389. The minimum Gasteiger partial charge on any atom is -0.372 e. The van der Waals surface area contributed by atoms with E-state index in [1.807, 2.05) is 31.3 Å². The van der Waals surface area contributed by atoms with Gasteiger partial charge in [0.2, 0.25) is 5.95 Å². The summed E-state index contributed by atoms with van der Waals surface area (Å²) in [5, 5.41) is 0. The first-order valence-electron chi connectivity index (χ1n) is 10.5. The van der Waals surface area contributed by atoms with Crippen molar-refractivity contribution < 1.29 is 8.42 Å². The lowest BCUT2D eigenvalue weighted by atomic mass is 9.79. The van der Waals surface area contributed by atoms with Crippen molar-refractivity contribution in [1.29, 1.82) is 0 Å². The van der Waals surface area contributed by atoms with Gasteiger partial charge in [-0.05, 0) is 74.8 Å². The first-order valence-corrected chi connectivity index (χ1v) is 12.4. The zero-order chi connectivity index (χ0) is 20.4. The Balaban J connectivity index is 1.29. The van der Waals surface area contributed by atoms with E-state index in [1.165, 1.54) is 31.9 Å². The molecule has 0 unspecified atom stereocenters. The lowest BCUT2D eigenvalue weighted by Crippen LogP contribution is -2.41. The molecule has 0 bridgehead atoms. The highest BCUT2D eigenvalue weighted by Crippen LogP contribution is 2.34. The molecule has 4 rings (SSSR count). The van der Waals surface area contributed by atoms with E-state index in [9.17, 15) is 8.42 Å². The fourth-order valence-corrected chi connectivity index (χ4v) is 5.32. The fraction of sp³-hybridized carbons (Fsp3) is 0.545. The molecule has 2 saturated heterocycles. The zero-order valence-electron chi connectivity index (χ0n) is 17.3. The van der Waals surface area contributed by atoms with Crippen LogP contribution in [-0.4, -0.2) is 50.8 Å². The van der Waals surface area contributed by atoms with Crippen LogP contribution in [0.15, 0.2) is 41.4 Å². The van der Waals surface area contributed by atoms with Crippen LogP contribution in [-0.2, 0) is 9.84 Å². The van der Waals surface area contributed by atoms with E-state index < -0.39 is 9.84 Å². The normalized spacial score (nSPS) is 19.5. The van der Waals surface area contributed by atoms with Crippen LogP contribution >= 0.6 is 0 Å². The van der Waals surface area contributed by atoms with Gasteiger partial charge in [0.1, 0.15) is 0 Å². The molecule has 0 N–H and O–H groups in total. The second-order valence-electron chi connectivity index (χ2n) is 8.41. The number of sulfone groups is 1. The molecule has 0 saturated carbocycles. The van der Waals surface area contributed by atoms with Gasteiger partial charge >= 0.3 is 0 Å². The molecule has 1 aromatic carbocycles. The van der Waals surface area contributed by atoms with Gasteiger partial charge in [-0.25, -0.2) is 18.4 Å². The van der Waals surface area contributed by atoms with E-state index in [1.54, 1.807) is 12.1 Å². The third-order valence-electron chi connectivity index (χ3n) is 6.44. The summed E-state index contributed by atoms with van der Waals surface area (Å²) in [6, 6.07) is 9.27. The standard InChI is InChI=1S/C22H30N4O2S/c1-17-7-12-23-22(24-17)26-15-10-19(11-16-26)18-8-13-25(14-9-18)20-3-5-21(6-4-20)29(2,27)28/h3-7,12,18-19H,8-11,13-16H2,1-2H3. The molecule has 2 fully saturated rings. The van der Waals surface area contributed by atoms with Gasteiger partial charge in [-0.15, -0.1) is 0 Å². The summed E-state index contributed by atoms with van der Waals surface area (Å²) in [7, 11) is -3.13. The summed E-state index contributed by atoms with van der Waals surface area (Å²) in [4.78, 5) is 14.1. The third kappa shape index (κ3) is 4.71. The van der Waals surface area contributed by atoms with Crippen molar-refractivity contribution in [2.75, 3.05) is 42.2 Å². The molecular weight excluding hydrogens is 384 g/mol. The lowest BCUT2D eigenvalue weighted by Gasteiger charge is -2.41. The highest BCUT2D eigenvalue weighted by atomic mass is 32.2. The number of hydrogen-bond acceptors (Lipinski definition) is 6. The monoisotopic (exact) mass is 414 g/mol. The van der Waals surface area contributed by atoms with Gasteiger partial charge < -0.3 is 9.80 Å². The Bertz CT molecular complexity index is 930. The molecule has 3 heterocycles. The molecule has 6 nitrogen and oxygen atoms in total. The summed E-state index contributed by atoms with van der Waals surface area (Å²) < 4.78 is 23.3. The Morgan fingerprint density at radius 1 is 0.862 bits per heavy atom. The minimum atomic E-state index is -3.13. The molecule has 2 aliphatic heterocycles. The number of aromatic nitrogens is 2. The Morgan fingerprint density at radius 3 is 1.93 bits per heavy atom. The fourth-order valence-electron chi connectivity index (χ4n) is 4.69. The van der Waals surface area contributed by atoms with Gasteiger partial charge in [-0.1, -0.05) is 0 Å². The van der Waals surface area contributed by atoms with Crippen molar-refractivity contribution in [3.05, 3.63) is 42.2 Å². The Morgan fingerprint density at radius 2 is 1.41 bits per heavy atom. The second kappa shape index (κ2) is 8.30. The molecule has 0 amide bonds. The summed E-state index contributed by atoms with van der Waals surface area (Å²) in [5.74, 6) is 2.43. The van der Waals surface area contributed by atoms with Crippen molar-refractivity contribution in [2.24, 2.45) is 11.8 Å². The van der Waals surface area contributed by atoms with E-state index in [-0.39, 0.29) is 0 Å². The molecule has 156 valence electrons. The van der Waals surface area contributed by atoms with Crippen LogP contribution in [0.2, 0.25) is 0 Å². The Kier molecular flexibility index (Phi) is 5.76. The van der Waals surface area contributed by atoms with Crippen LogP contribution < -0.4 is 9.80 Å². The summed E-state index contributed by atoms with van der Waals surface area (Å²) in [6.45, 7) is 6.19. The molecule has 0 spiro atoms. The highest BCUT2D eigenvalue weighted by molar-refractivity contribution is 7.90. The van der Waals surface area contributed by atoms with Crippen LogP contribution in [0.1, 0.15) is 31.4 Å². The van der Waals surface area contributed by atoms with E-state index >= 15 is 0 Å². The number of piperidine rings is 2. The summed E-state index contributed by atoms with van der Waals surface area (Å²) in [6.07, 6.45) is 7.95. The number of aryl methyl sites for hydroxylation is 1. The molecule has 0 radical (unpaired) electrons. The van der Waals surface area contributed by atoms with E-state index in [4.69, 9.17) is 0 Å². The van der Waals surface area contributed by atoms with E-state index in [0.717, 1.165) is 55.3 Å². The molecule has 1 aromatic heterocycles. The Hall–Kier alpha value is -2.15. The maximum atomic E-state index is 11.6. The molecule has 0 atom stereocenters. The summed E-state index contributed by atoms with van der Waals surface area (Å²) >= 11 is 0. The van der Waals surface area contributed by atoms with Gasteiger partial charge in [0.05, 0.1) is 4.90 Å². The maximum absolute atomic E-state index is 11.6. The van der Waals surface area contributed by atoms with Crippen LogP contribution in [0.5, 0.6) is 0 Å². The van der Waals surface area contributed by atoms with Gasteiger partial charge in [0, 0.05) is 50.0 Å². The maximum Gasteiger partial charge on any atom is 0.225 e. The van der Waals surface area contributed by atoms with Crippen LogP contribution in [0.4, 0.5) is 11.6 Å². The Labute approximate surface area is 173 Å². The predicted molar refractivity (Wildman–Crippen MR) is 116 cm³/mol. The number of anilines is 2. The number of nitrogens with zero attached hydrogens (tertiary/aromatic N) is 4. The van der Waals surface area contributed by atoms with Crippen molar-refractivity contribution in [3.8, 4) is 0 Å². The number of benzene rings is 1. The average Bonchev–Trinajstić information content (AvgIpc) is 2.74. The van der Waals surface area contributed by atoms with Crippen LogP contribution in [0.3, 0.4) is 0 Å². The number of rotatable bonds is 4. The van der Waals surface area contributed by atoms with E-state index in [0.29, 0.717) is 4.90 Å². The molecule has 0 aliphatic carbocycles. The van der Waals surface area contributed by atoms with Crippen molar-refractivity contribution >= 4 is 21.5 Å². The van der Waals surface area contributed by atoms with Crippen molar-refractivity contribution in [2.45, 2.75) is 37.5 Å². The summed E-state index contributed by atoms with van der Waals surface area (Å²) in [5.41, 5.74) is 2.15. The number of hydrogen-bond donors (Lipinski definition) is 0. The van der Waals surface area contributed by atoms with Crippen LogP contribution in [0.25, 0.3) is 0 Å². The smallest absolute Gasteiger partial charge is 0.225 e. The molecule has 29 heavy (non-hydrogen) atoms. The molecule has 7 heteroatoms. The third-order valence-corrected chi connectivity index (χ3v) is 7.57. The molecular formula is C22H30N4O2S. The second-order valence-corrected chi connectivity index (χ2v) is 10.4. The quantitative estimate of drug-likeness (QED) is 0.765. The molecule has 2 aromatic rings. The van der Waals surface area contributed by atoms with Gasteiger partial charge in [-0.2, -0.15) is 0 Å². The SMILES string of the molecule is Cc1ccnc(N2CCC(C3CCN(c4ccc(S(C)(=O)=O)cc4)CC3)CC2)n1. The van der Waals surface area contributed by atoms with Crippen molar-refractivity contribution in [3.63, 3.8) is 0 Å². The lowest BCUT2D eigenvalue weighted by molar-refractivity contribution is 0.232. The zero-order valence-corrected chi connectivity index (χ0v) is 18.1. The first kappa shape index (κ1) is 20.1. The van der Waals surface area contributed by atoms with Gasteiger partial charge in [-0.3, -0.25) is 0 Å². The topological polar surface area (TPSA) is 66.4 Å². The molecule has 2 aliphatic rings. The van der Waals surface area contributed by atoms with Gasteiger partial charge in [0.25, 0.3) is 0 Å². The predicted octanol–water partition coefficient (Wildman–Crippen LogP) is 3.32. The average molecular weight is 415 g/mol. The first-order chi connectivity index (χ1) is 13.9. The van der Waals surface area contributed by atoms with Gasteiger partial charge in [0.15, 0.2) is 9.84 Å². The van der Waals surface area contributed by atoms with E-state index in [2.05, 4.69) is 19.8 Å².